The summed E-state index contributed by atoms with van der Waals surface area (Å²) in [5.74, 6) is 0.159. The molecule has 1 aliphatic heterocycles. The molecule has 1 heterocycles. The van der Waals surface area contributed by atoms with Crippen molar-refractivity contribution >= 4 is 11.8 Å². The molecule has 0 amide bonds. The lowest BCUT2D eigenvalue weighted by Crippen LogP contribution is -2.52. The second-order valence-electron chi connectivity index (χ2n) is 8.28. The van der Waals surface area contributed by atoms with Gasteiger partial charge in [0.05, 0.1) is 6.20 Å². The van der Waals surface area contributed by atoms with Gasteiger partial charge in [0.2, 0.25) is 5.84 Å². The average molecular weight is 407 g/mol. The molecule has 1 atom stereocenters. The summed E-state index contributed by atoms with van der Waals surface area (Å²) in [6.07, 6.45) is 25.9. The van der Waals surface area contributed by atoms with Crippen LogP contribution in [0.4, 0.5) is 0 Å². The number of hydrogen-bond donors (Lipinski definition) is 2. The number of nitrogens with zero attached hydrogens (tertiary/aromatic N) is 2. The van der Waals surface area contributed by atoms with Crippen molar-refractivity contribution in [1.29, 1.82) is 0 Å². The molecule has 0 spiro atoms. The van der Waals surface area contributed by atoms with E-state index in [1.54, 1.807) is 6.20 Å². The van der Waals surface area contributed by atoms with Crippen LogP contribution in [-0.2, 0) is 4.79 Å². The van der Waals surface area contributed by atoms with Crippen LogP contribution in [0.2, 0.25) is 0 Å². The van der Waals surface area contributed by atoms with Crippen LogP contribution in [0.15, 0.2) is 29.5 Å². The van der Waals surface area contributed by atoms with E-state index in [0.29, 0.717) is 17.6 Å². The number of aliphatic imine (C=N–C) groups is 1. The van der Waals surface area contributed by atoms with E-state index in [4.69, 9.17) is 5.73 Å². The zero-order valence-corrected chi connectivity index (χ0v) is 18.7. The third kappa shape index (κ3) is 11.3. The summed E-state index contributed by atoms with van der Waals surface area (Å²) in [5.41, 5.74) is 5.72. The molecule has 0 aromatic rings. The maximum atomic E-state index is 11.2. The molecule has 0 saturated carbocycles. The van der Waals surface area contributed by atoms with Crippen molar-refractivity contribution in [3.8, 4) is 0 Å². The third-order valence-corrected chi connectivity index (χ3v) is 5.70. The van der Waals surface area contributed by atoms with Crippen LogP contribution < -0.4 is 5.73 Å². The number of unbranched alkanes of at least 4 members (excludes halogenated alkanes) is 11. The minimum absolute atomic E-state index is 0.0427. The van der Waals surface area contributed by atoms with Gasteiger partial charge in [0.25, 0.3) is 0 Å². The highest BCUT2D eigenvalue weighted by atomic mass is 16.4. The van der Waals surface area contributed by atoms with E-state index in [2.05, 4.69) is 24.1 Å². The Morgan fingerprint density at radius 3 is 2.17 bits per heavy atom. The Kier molecular flexibility index (Phi) is 14.4. The van der Waals surface area contributed by atoms with E-state index in [0.717, 1.165) is 18.7 Å². The summed E-state index contributed by atoms with van der Waals surface area (Å²) < 4.78 is 0.305. The standard InChI is InChI=1S/C24H43N3O2/c1-2-3-4-5-6-7-8-9-10-11-12-13-14-15-16-17-23-26-19-21-27(23,20-18-25)22-24(28)29/h5-6,19,21H,2-4,7-18,20,22,25H2,1H3/p+1/b6-5+. The van der Waals surface area contributed by atoms with Crippen molar-refractivity contribution in [1.82, 2.24) is 0 Å². The highest BCUT2D eigenvalue weighted by Gasteiger charge is 2.36. The zero-order valence-electron chi connectivity index (χ0n) is 18.7. The highest BCUT2D eigenvalue weighted by Crippen LogP contribution is 2.21. The van der Waals surface area contributed by atoms with Crippen molar-refractivity contribution in [2.24, 2.45) is 10.7 Å². The predicted octanol–water partition coefficient (Wildman–Crippen LogP) is 5.77. The lowest BCUT2D eigenvalue weighted by atomic mass is 10.0. The number of aliphatic carboxylic acids is 1. The minimum Gasteiger partial charge on any atom is -0.477 e. The third-order valence-electron chi connectivity index (χ3n) is 5.70. The summed E-state index contributed by atoms with van der Waals surface area (Å²) >= 11 is 0. The monoisotopic (exact) mass is 406 g/mol. The van der Waals surface area contributed by atoms with Gasteiger partial charge in [0, 0.05) is 13.0 Å². The van der Waals surface area contributed by atoms with E-state index in [1.165, 1.54) is 77.0 Å². The Morgan fingerprint density at radius 1 is 1.00 bits per heavy atom. The zero-order chi connectivity index (χ0) is 21.2. The normalized spacial score (nSPS) is 18.6. The summed E-state index contributed by atoms with van der Waals surface area (Å²) in [6.45, 7) is 3.36. The number of carboxylic acid groups (broad SMARTS) is 1. The maximum absolute atomic E-state index is 11.2. The Balaban J connectivity index is 2.01. The van der Waals surface area contributed by atoms with Gasteiger partial charge < -0.3 is 10.8 Å². The predicted molar refractivity (Wildman–Crippen MR) is 123 cm³/mol. The van der Waals surface area contributed by atoms with Crippen molar-refractivity contribution < 1.29 is 14.4 Å². The van der Waals surface area contributed by atoms with E-state index in [9.17, 15) is 9.90 Å². The SMILES string of the molecule is CCCC/C=C/CCCCCCCCCCCC1=NC=C[N+]1(CCN)CC(=O)O. The van der Waals surface area contributed by atoms with Gasteiger partial charge in [-0.05, 0) is 25.7 Å². The molecule has 5 heteroatoms. The van der Waals surface area contributed by atoms with Crippen LogP contribution in [0, 0.1) is 0 Å². The quantitative estimate of drug-likeness (QED) is 0.162. The number of rotatable bonds is 19. The van der Waals surface area contributed by atoms with Crippen LogP contribution >= 0.6 is 0 Å². The second-order valence-corrected chi connectivity index (χ2v) is 8.28. The van der Waals surface area contributed by atoms with Gasteiger partial charge in [-0.25, -0.2) is 14.3 Å². The molecule has 5 nitrogen and oxygen atoms in total. The van der Waals surface area contributed by atoms with E-state index >= 15 is 0 Å². The van der Waals surface area contributed by atoms with Gasteiger partial charge >= 0.3 is 5.97 Å². The minimum atomic E-state index is -0.801. The first kappa shape index (κ1) is 25.6. The number of amidine groups is 1. The molecular formula is C24H44N3O2+. The molecule has 0 aliphatic carbocycles. The molecule has 0 fully saturated rings. The summed E-state index contributed by atoms with van der Waals surface area (Å²) in [7, 11) is 0. The largest absolute Gasteiger partial charge is 0.477 e. The molecule has 29 heavy (non-hydrogen) atoms. The Hall–Kier alpha value is -1.46. The number of carbonyl (C=O) groups is 1. The van der Waals surface area contributed by atoms with E-state index in [1.807, 2.05) is 6.20 Å². The van der Waals surface area contributed by atoms with Gasteiger partial charge in [-0.3, -0.25) is 0 Å². The first-order valence-electron chi connectivity index (χ1n) is 11.8. The topological polar surface area (TPSA) is 75.7 Å². The van der Waals surface area contributed by atoms with Gasteiger partial charge in [0.15, 0.2) is 6.54 Å². The molecule has 0 aromatic carbocycles. The highest BCUT2D eigenvalue weighted by molar-refractivity contribution is 5.81. The summed E-state index contributed by atoms with van der Waals surface area (Å²) in [5, 5.41) is 9.24. The average Bonchev–Trinajstić information content (AvgIpc) is 3.06. The number of quaternary nitrogens is 1. The smallest absolute Gasteiger partial charge is 0.360 e. The lowest BCUT2D eigenvalue weighted by Gasteiger charge is -2.30. The van der Waals surface area contributed by atoms with Crippen LogP contribution in [0.3, 0.4) is 0 Å². The van der Waals surface area contributed by atoms with Crippen LogP contribution in [0.1, 0.15) is 96.8 Å². The molecule has 0 bridgehead atoms. The Bertz CT molecular complexity index is 528. The number of nitrogens with two attached hydrogens (primary N) is 1. The first-order valence-corrected chi connectivity index (χ1v) is 11.8. The maximum Gasteiger partial charge on any atom is 0.360 e. The Labute approximate surface area is 178 Å². The van der Waals surface area contributed by atoms with Crippen molar-refractivity contribution in [2.45, 2.75) is 96.8 Å². The molecule has 0 radical (unpaired) electrons. The Morgan fingerprint density at radius 2 is 1.59 bits per heavy atom. The first-order chi connectivity index (χ1) is 14.1. The fourth-order valence-electron chi connectivity index (χ4n) is 3.97. The van der Waals surface area contributed by atoms with Crippen LogP contribution in [-0.4, -0.2) is 41.0 Å². The fourth-order valence-corrected chi connectivity index (χ4v) is 3.97. The molecule has 1 rings (SSSR count). The van der Waals surface area contributed by atoms with Crippen LogP contribution in [0.25, 0.3) is 0 Å². The van der Waals surface area contributed by atoms with Crippen LogP contribution in [0.5, 0.6) is 0 Å². The van der Waals surface area contributed by atoms with Gasteiger partial charge in [-0.2, -0.15) is 0 Å². The van der Waals surface area contributed by atoms with Crippen molar-refractivity contribution in [3.05, 3.63) is 24.6 Å². The van der Waals surface area contributed by atoms with Crippen molar-refractivity contribution in [3.63, 3.8) is 0 Å². The van der Waals surface area contributed by atoms with Gasteiger partial charge in [-0.15, -0.1) is 0 Å². The van der Waals surface area contributed by atoms with Gasteiger partial charge in [0.1, 0.15) is 12.7 Å². The molecule has 0 saturated heterocycles. The number of allylic oxidation sites excluding steroid dienone is 2. The fraction of sp³-hybridized carbons (Fsp3) is 0.750. The molecule has 1 unspecified atom stereocenters. The lowest BCUT2D eigenvalue weighted by molar-refractivity contribution is -0.778. The molecule has 166 valence electrons. The summed E-state index contributed by atoms with van der Waals surface area (Å²) in [4.78, 5) is 15.7. The number of carboxylic acids is 1. The van der Waals surface area contributed by atoms with E-state index < -0.39 is 5.97 Å². The summed E-state index contributed by atoms with van der Waals surface area (Å²) in [6, 6.07) is 0. The molecule has 1 aliphatic rings. The molecular weight excluding hydrogens is 362 g/mol. The molecule has 0 aromatic heterocycles. The second kappa shape index (κ2) is 16.3. The van der Waals surface area contributed by atoms with Gasteiger partial charge in [-0.1, -0.05) is 76.9 Å². The number of hydrogen-bond acceptors (Lipinski definition) is 3. The van der Waals surface area contributed by atoms with Crippen molar-refractivity contribution in [2.75, 3.05) is 19.6 Å². The van der Waals surface area contributed by atoms with E-state index in [-0.39, 0.29) is 6.54 Å². The molecule has 3 N–H and O–H groups in total.